The van der Waals surface area contributed by atoms with Gasteiger partial charge in [0.25, 0.3) is 0 Å². The lowest BCUT2D eigenvalue weighted by Crippen LogP contribution is -2.23. The van der Waals surface area contributed by atoms with E-state index in [0.29, 0.717) is 102 Å². The monoisotopic (exact) mass is 1940 g/mol. The predicted octanol–water partition coefficient (Wildman–Crippen LogP) is 20.3. The standard InChI is InChI=1S/C90H84N21O12P3S6/c1-112-73-43-19-67(20-44-73)97-85(127)103-91-55-61-7-31-79(32-8-61)118-124(119-80-33-9-62(10-34-80)56-92-104-86(128)98-68-21-45-74(113-2)46-22-68)109-125(120-81-35-11-63(12-36-81)57-93-105-87(129)99-69-23-47-75(114-3)48-24-69,121-82-37-13-64(14-38-82)58-94-106-88(130)100-70-25-49-76(115-4)50-26-70)111-126(110-124,122-83-39-15-65(16-40-83)59-95-107-89(131)101-71-27-51-77(116-5)52-28-71)123-84-41-17-66(18-42-84)60-96-108-90(132)102-72-29-53-78(117-6)54-30-72/h7-60H,1-6H3,(H2,97,103,127)(H2,98,104,128)(H2,99,105,129)(H2,100,106,130)(H2,101,107,131)(H2,102,108,132)/b91-55-,92-56-,93-57-,94-58+,95-59+,96-60+. The molecule has 0 bridgehead atoms. The molecule has 0 aliphatic carbocycles. The van der Waals surface area contributed by atoms with Gasteiger partial charge in [-0.2, -0.15) is 30.6 Å². The van der Waals surface area contributed by atoms with Crippen LogP contribution >= 0.6 is 96.3 Å². The van der Waals surface area contributed by atoms with Crippen LogP contribution in [0.5, 0.6) is 69.0 Å². The van der Waals surface area contributed by atoms with E-state index in [1.165, 1.54) is 0 Å². The van der Waals surface area contributed by atoms with E-state index in [2.05, 4.69) is 95.1 Å². The third-order valence-electron chi connectivity index (χ3n) is 17.7. The Kier molecular flexibility index (Phi) is 34.0. The third-order valence-corrected chi connectivity index (χ3v) is 26.9. The summed E-state index contributed by atoms with van der Waals surface area (Å²) in [6, 6.07) is 84.8. The molecule has 672 valence electrons. The number of benzene rings is 12. The Morgan fingerprint density at radius 2 is 0.318 bits per heavy atom. The van der Waals surface area contributed by atoms with Gasteiger partial charge < -0.3 is 87.5 Å². The number of rotatable bonds is 36. The molecule has 132 heavy (non-hydrogen) atoms. The van der Waals surface area contributed by atoms with Crippen molar-refractivity contribution in [2.75, 3.05) is 74.6 Å². The number of hydrogen-bond acceptors (Lipinski definition) is 27. The highest BCUT2D eigenvalue weighted by atomic mass is 32.1. The lowest BCUT2D eigenvalue weighted by atomic mass is 10.2. The Labute approximate surface area is 793 Å². The van der Waals surface area contributed by atoms with Crippen LogP contribution in [0.2, 0.25) is 0 Å². The summed E-state index contributed by atoms with van der Waals surface area (Å²) in [7, 11) is -4.47. The van der Waals surface area contributed by atoms with E-state index in [0.717, 1.165) is 0 Å². The van der Waals surface area contributed by atoms with Gasteiger partial charge >= 0.3 is 23.0 Å². The van der Waals surface area contributed by atoms with Gasteiger partial charge in [-0.25, -0.2) is 0 Å². The predicted molar refractivity (Wildman–Crippen MR) is 550 cm³/mol. The molecule has 1 heterocycles. The van der Waals surface area contributed by atoms with E-state index in [9.17, 15) is 0 Å². The van der Waals surface area contributed by atoms with Crippen LogP contribution in [0.1, 0.15) is 33.4 Å². The molecular weight excluding hydrogens is 1850 g/mol. The molecule has 1 unspecified atom stereocenters. The van der Waals surface area contributed by atoms with Gasteiger partial charge in [-0.15, -0.1) is 0 Å². The number of anilines is 6. The maximum absolute atomic E-state index is 7.38. The van der Waals surface area contributed by atoms with Gasteiger partial charge in [0, 0.05) is 34.1 Å². The van der Waals surface area contributed by atoms with Gasteiger partial charge in [-0.05, 0) is 398 Å². The molecule has 0 amide bonds. The fourth-order valence-corrected chi connectivity index (χ4v) is 21.4. The van der Waals surface area contributed by atoms with E-state index in [1.54, 1.807) is 298 Å². The van der Waals surface area contributed by atoms with Crippen molar-refractivity contribution in [1.82, 2.24) is 32.6 Å². The summed E-state index contributed by atoms with van der Waals surface area (Å²) in [5, 5.41) is 46.7. The summed E-state index contributed by atoms with van der Waals surface area (Å²) in [4.78, 5) is 0. The molecule has 0 aromatic heterocycles. The van der Waals surface area contributed by atoms with Crippen molar-refractivity contribution in [2.24, 2.45) is 44.2 Å². The molecule has 0 fully saturated rings. The summed E-state index contributed by atoms with van der Waals surface area (Å²) in [6.07, 6.45) is 9.44. The van der Waals surface area contributed by atoms with Crippen LogP contribution in [0, 0.1) is 0 Å². The van der Waals surface area contributed by atoms with Crippen LogP contribution in [0.3, 0.4) is 0 Å². The number of nitrogens with one attached hydrogen (secondary N) is 12. The molecule has 12 aromatic carbocycles. The Balaban J connectivity index is 0.936. The van der Waals surface area contributed by atoms with Crippen molar-refractivity contribution in [3.05, 3.63) is 325 Å². The van der Waals surface area contributed by atoms with Gasteiger partial charge in [0.2, 0.25) is 0 Å². The van der Waals surface area contributed by atoms with E-state index in [1.807, 2.05) is 72.8 Å². The zero-order valence-electron chi connectivity index (χ0n) is 70.9. The van der Waals surface area contributed by atoms with Crippen LogP contribution in [0.4, 0.5) is 34.1 Å². The molecule has 0 spiro atoms. The van der Waals surface area contributed by atoms with Crippen molar-refractivity contribution >= 4 is 198 Å². The summed E-state index contributed by atoms with van der Waals surface area (Å²) in [5.74, 6) is 5.12. The fraction of sp³-hybridized carbons (Fsp3) is 0.0667. The molecule has 13 rings (SSSR count). The Hall–Kier alpha value is -14.9. The Bertz CT molecular complexity index is 5370. The van der Waals surface area contributed by atoms with Gasteiger partial charge in [0.15, 0.2) is 30.7 Å². The van der Waals surface area contributed by atoms with Gasteiger partial charge in [-0.1, -0.05) is 13.5 Å². The van der Waals surface area contributed by atoms with Gasteiger partial charge in [0.1, 0.15) is 69.0 Å². The van der Waals surface area contributed by atoms with Crippen molar-refractivity contribution in [3.8, 4) is 69.0 Å². The molecule has 0 saturated carbocycles. The highest BCUT2D eigenvalue weighted by molar-refractivity contribution is 7.81. The average molecular weight is 1940 g/mol. The SMILES string of the molecule is COc1ccc(NC(=S)N/N=C\c2ccc(OP3(Oc4ccc(/C=N\NC(=S)Nc5ccc(OC)cc5)cc4)=NP(Oc4ccc(/C=N\NC(=S)Nc5ccc(OC)cc5)cc4)(Oc4ccc(/C=N/NC(=S)Nc5ccc(OC)cc5)cc4)=NP(Oc4ccc(/C=N/NC(=S)Nc5ccc(OC)cc5)cc4)(Oc4ccc(/C=N/NC(=S)Nc5ccc(OC)cc5)cc4)=N3)cc2)cc1. The average Bonchev–Trinajstić information content (AvgIpc) is 0.727. The summed E-state index contributed by atoms with van der Waals surface area (Å²) < 4.78 is 93.0. The summed E-state index contributed by atoms with van der Waals surface area (Å²) in [6.45, 7) is 0. The van der Waals surface area contributed by atoms with Gasteiger partial charge in [0.05, 0.1) is 79.9 Å². The topological polar surface area (TPSA) is 366 Å². The van der Waals surface area contributed by atoms with Gasteiger partial charge in [-0.3, -0.25) is 32.6 Å². The summed E-state index contributed by atoms with van der Waals surface area (Å²) in [5.41, 5.74) is 25.2. The minimum absolute atomic E-state index is 0.170. The highest BCUT2D eigenvalue weighted by Gasteiger charge is 2.49. The molecule has 1 aliphatic rings. The third kappa shape index (κ3) is 29.6. The highest BCUT2D eigenvalue weighted by Crippen LogP contribution is 2.79. The van der Waals surface area contributed by atoms with Crippen LogP contribution < -0.4 is 120 Å². The smallest absolute Gasteiger partial charge is 0.460 e. The van der Waals surface area contributed by atoms with Crippen LogP contribution in [-0.2, 0) is 0 Å². The second kappa shape index (κ2) is 47.4. The van der Waals surface area contributed by atoms with Crippen LogP contribution in [0.25, 0.3) is 0 Å². The second-order valence-electron chi connectivity index (χ2n) is 27.0. The van der Waals surface area contributed by atoms with Crippen molar-refractivity contribution in [2.45, 2.75) is 0 Å². The van der Waals surface area contributed by atoms with Crippen LogP contribution in [-0.4, -0.2) is 111 Å². The Morgan fingerprint density at radius 1 is 0.197 bits per heavy atom. The summed E-state index contributed by atoms with van der Waals surface area (Å²) >= 11 is 33.7. The Morgan fingerprint density at radius 3 is 0.439 bits per heavy atom. The minimum Gasteiger partial charge on any atom is -0.497 e. The number of hydrogen-bond donors (Lipinski definition) is 12. The fourth-order valence-electron chi connectivity index (χ4n) is 11.3. The molecule has 1 atom stereocenters. The molecule has 0 radical (unpaired) electrons. The molecule has 0 saturated heterocycles. The molecule has 12 aromatic rings. The number of thiocarbonyl (C=S) groups is 6. The second-order valence-corrected chi connectivity index (χ2v) is 35.7. The zero-order valence-corrected chi connectivity index (χ0v) is 78.5. The minimum atomic E-state index is -4.67. The lowest BCUT2D eigenvalue weighted by molar-refractivity contribution is 0.415. The quantitative estimate of drug-likeness (QED) is 0.00751. The van der Waals surface area contributed by atoms with Crippen LogP contribution in [0.15, 0.2) is 335 Å². The van der Waals surface area contributed by atoms with E-state index in [4.69, 9.17) is 142 Å². The van der Waals surface area contributed by atoms with Crippen molar-refractivity contribution < 1.29 is 55.6 Å². The first kappa shape index (κ1) is 94.7. The maximum Gasteiger partial charge on any atom is 0.460 e. The largest absolute Gasteiger partial charge is 0.497 e. The maximum atomic E-state index is 7.38. The molecule has 12 N–H and O–H groups in total. The molecule has 1 aliphatic heterocycles. The molecule has 33 nitrogen and oxygen atoms in total. The first-order valence-electron chi connectivity index (χ1n) is 39.4. The van der Waals surface area contributed by atoms with E-state index >= 15 is 0 Å². The normalized spacial score (nSPS) is 13.4. The number of methoxy groups -OCH3 is 6. The number of nitrogens with zero attached hydrogens (tertiary/aromatic N) is 9. The number of hydrazone groups is 6. The van der Waals surface area contributed by atoms with Crippen molar-refractivity contribution in [1.29, 1.82) is 0 Å². The molecule has 42 heteroatoms. The first-order valence-corrected chi connectivity index (χ1v) is 46.4. The lowest BCUT2D eigenvalue weighted by Gasteiger charge is -2.33. The van der Waals surface area contributed by atoms with E-state index in [-0.39, 0.29) is 65.2 Å². The molecular formula is C90H84N21O12P3S6. The number of ether oxygens (including phenoxy) is 6. The van der Waals surface area contributed by atoms with E-state index < -0.39 is 23.0 Å². The first-order chi connectivity index (χ1) is 64.2. The van der Waals surface area contributed by atoms with Crippen molar-refractivity contribution in [3.63, 3.8) is 0 Å². The zero-order chi connectivity index (χ0) is 92.3.